The maximum atomic E-state index is 12.7. The maximum absolute atomic E-state index is 12.7. The fourth-order valence-electron chi connectivity index (χ4n) is 5.01. The molecule has 4 atom stereocenters. The Morgan fingerprint density at radius 2 is 1.91 bits per heavy atom. The summed E-state index contributed by atoms with van der Waals surface area (Å²) in [5.41, 5.74) is 5.15. The molecule has 3 N–H and O–H groups in total. The fraction of sp³-hybridized carbons (Fsp3) is 0.938. The molecule has 2 bridgehead atoms. The molecule has 3 saturated carbocycles. The van der Waals surface area contributed by atoms with Crippen LogP contribution in [0.3, 0.4) is 0 Å². The lowest BCUT2D eigenvalue weighted by atomic mass is 9.70. The molecular weight excluding hydrogens is 300 g/mol. The van der Waals surface area contributed by atoms with Crippen LogP contribution >= 0.6 is 0 Å². The molecule has 0 aromatic carbocycles. The second-order valence-corrected chi connectivity index (χ2v) is 9.85. The van der Waals surface area contributed by atoms with Crippen LogP contribution in [-0.4, -0.2) is 32.0 Å². The van der Waals surface area contributed by atoms with Crippen molar-refractivity contribution >= 4 is 15.8 Å². The first kappa shape index (κ1) is 16.4. The summed E-state index contributed by atoms with van der Waals surface area (Å²) in [6, 6.07) is -0.281. The predicted molar refractivity (Wildman–Crippen MR) is 85.7 cm³/mol. The number of rotatable bonds is 4. The highest BCUT2D eigenvalue weighted by Crippen LogP contribution is 2.64. The highest BCUT2D eigenvalue weighted by atomic mass is 32.2. The number of hydrogen-bond acceptors (Lipinski definition) is 4. The van der Waals surface area contributed by atoms with Crippen molar-refractivity contribution in [2.24, 2.45) is 22.5 Å². The minimum absolute atomic E-state index is 0.0639. The number of carbonyl (C=O) groups excluding carboxylic acids is 1. The van der Waals surface area contributed by atoms with Crippen LogP contribution in [0.15, 0.2) is 0 Å². The van der Waals surface area contributed by atoms with E-state index in [4.69, 9.17) is 5.73 Å². The SMILES string of the molecule is CC1(C)C2CC[C@]1(CS(=O)(=O)N[C@H]1CCCC[C@@H]1N)C(=O)C2. The Bertz CT molecular complexity index is 572. The normalized spacial score (nSPS) is 41.0. The number of nitrogens with one attached hydrogen (secondary N) is 1. The minimum Gasteiger partial charge on any atom is -0.326 e. The third-order valence-electron chi connectivity index (χ3n) is 6.73. The Morgan fingerprint density at radius 3 is 2.45 bits per heavy atom. The third-order valence-corrected chi connectivity index (χ3v) is 8.26. The minimum atomic E-state index is -3.50. The molecule has 6 heteroatoms. The first-order valence-corrected chi connectivity index (χ1v) is 10.1. The van der Waals surface area contributed by atoms with Gasteiger partial charge in [-0.3, -0.25) is 4.79 Å². The predicted octanol–water partition coefficient (Wildman–Crippen LogP) is 1.57. The van der Waals surface area contributed by atoms with Gasteiger partial charge in [0, 0.05) is 23.9 Å². The van der Waals surface area contributed by atoms with Crippen molar-refractivity contribution in [3.8, 4) is 0 Å². The molecule has 0 heterocycles. The highest BCUT2D eigenvalue weighted by Gasteiger charge is 2.65. The first-order chi connectivity index (χ1) is 10.2. The molecule has 0 amide bonds. The number of ketones is 1. The smallest absolute Gasteiger partial charge is 0.212 e. The molecule has 5 nitrogen and oxygen atoms in total. The van der Waals surface area contributed by atoms with Gasteiger partial charge in [-0.1, -0.05) is 26.7 Å². The molecule has 1 unspecified atom stereocenters. The van der Waals surface area contributed by atoms with Crippen molar-refractivity contribution in [2.45, 2.75) is 70.9 Å². The molecule has 0 aromatic heterocycles. The zero-order valence-corrected chi connectivity index (χ0v) is 14.4. The van der Waals surface area contributed by atoms with Crippen molar-refractivity contribution < 1.29 is 13.2 Å². The number of sulfonamides is 1. The van der Waals surface area contributed by atoms with E-state index < -0.39 is 15.4 Å². The average molecular weight is 328 g/mol. The first-order valence-electron chi connectivity index (χ1n) is 8.47. The standard InChI is InChI=1S/C16H28N2O3S/c1-15(2)11-7-8-16(15,14(19)9-11)10-22(20,21)18-13-6-4-3-5-12(13)17/h11-13,18H,3-10,17H2,1-2H3/t11?,12-,13-,16-/m0/s1. The van der Waals surface area contributed by atoms with Gasteiger partial charge in [0.1, 0.15) is 5.78 Å². The highest BCUT2D eigenvalue weighted by molar-refractivity contribution is 7.89. The van der Waals surface area contributed by atoms with Crippen LogP contribution < -0.4 is 10.5 Å². The van der Waals surface area contributed by atoms with E-state index in [0.717, 1.165) is 32.1 Å². The Kier molecular flexibility index (Phi) is 3.94. The molecule has 3 fully saturated rings. The van der Waals surface area contributed by atoms with E-state index in [1.807, 2.05) is 0 Å². The fourth-order valence-corrected chi connectivity index (χ4v) is 7.17. The number of fused-ring (bicyclic) bond motifs is 2. The van der Waals surface area contributed by atoms with Crippen molar-refractivity contribution in [3.05, 3.63) is 0 Å². The van der Waals surface area contributed by atoms with Crippen LogP contribution in [0.1, 0.15) is 58.8 Å². The second-order valence-electron chi connectivity index (χ2n) is 8.10. The van der Waals surface area contributed by atoms with E-state index in [2.05, 4.69) is 18.6 Å². The van der Waals surface area contributed by atoms with Crippen LogP contribution in [0.4, 0.5) is 0 Å². The quantitative estimate of drug-likeness (QED) is 0.820. The number of nitrogens with two attached hydrogens (primary N) is 1. The van der Waals surface area contributed by atoms with Gasteiger partial charge in [0.25, 0.3) is 0 Å². The van der Waals surface area contributed by atoms with Gasteiger partial charge in [-0.25, -0.2) is 13.1 Å². The molecule has 0 aromatic rings. The van der Waals surface area contributed by atoms with E-state index in [1.54, 1.807) is 0 Å². The Morgan fingerprint density at radius 1 is 1.23 bits per heavy atom. The summed E-state index contributed by atoms with van der Waals surface area (Å²) in [6.45, 7) is 4.13. The van der Waals surface area contributed by atoms with Gasteiger partial charge in [0.15, 0.2) is 0 Å². The summed E-state index contributed by atoms with van der Waals surface area (Å²) in [4.78, 5) is 12.5. The maximum Gasteiger partial charge on any atom is 0.212 e. The van der Waals surface area contributed by atoms with Gasteiger partial charge in [-0.05, 0) is 37.0 Å². The van der Waals surface area contributed by atoms with Gasteiger partial charge in [-0.15, -0.1) is 0 Å². The number of hydrogen-bond donors (Lipinski definition) is 2. The van der Waals surface area contributed by atoms with Gasteiger partial charge in [0.2, 0.25) is 10.0 Å². The molecule has 126 valence electrons. The molecule has 0 radical (unpaired) electrons. The summed E-state index contributed by atoms with van der Waals surface area (Å²) < 4.78 is 28.2. The van der Waals surface area contributed by atoms with Crippen molar-refractivity contribution in [3.63, 3.8) is 0 Å². The van der Waals surface area contributed by atoms with E-state index in [1.165, 1.54) is 0 Å². The molecule has 0 aliphatic heterocycles. The Labute approximate surface area is 133 Å². The summed E-state index contributed by atoms with van der Waals surface area (Å²) in [5.74, 6) is 0.421. The van der Waals surface area contributed by atoms with Crippen molar-refractivity contribution in [1.29, 1.82) is 0 Å². The van der Waals surface area contributed by atoms with Crippen molar-refractivity contribution in [2.75, 3.05) is 5.75 Å². The summed E-state index contributed by atoms with van der Waals surface area (Å²) in [5, 5.41) is 0. The molecule has 3 aliphatic rings. The Balaban J connectivity index is 1.78. The molecule has 0 saturated heterocycles. The summed E-state index contributed by atoms with van der Waals surface area (Å²) in [6.07, 6.45) is 5.97. The second kappa shape index (κ2) is 5.28. The summed E-state index contributed by atoms with van der Waals surface area (Å²) >= 11 is 0. The van der Waals surface area contributed by atoms with Crippen LogP contribution in [0.25, 0.3) is 0 Å². The monoisotopic (exact) mass is 328 g/mol. The van der Waals surface area contributed by atoms with Crippen LogP contribution in [0.5, 0.6) is 0 Å². The molecule has 0 spiro atoms. The molecule has 22 heavy (non-hydrogen) atoms. The lowest BCUT2D eigenvalue weighted by Gasteiger charge is -2.37. The van der Waals surface area contributed by atoms with Gasteiger partial charge in [0.05, 0.1) is 5.75 Å². The topological polar surface area (TPSA) is 89.3 Å². The summed E-state index contributed by atoms with van der Waals surface area (Å²) in [7, 11) is -3.50. The van der Waals surface area contributed by atoms with Gasteiger partial charge >= 0.3 is 0 Å². The van der Waals surface area contributed by atoms with Gasteiger partial charge in [-0.2, -0.15) is 0 Å². The zero-order valence-electron chi connectivity index (χ0n) is 13.6. The van der Waals surface area contributed by atoms with Crippen LogP contribution in [0.2, 0.25) is 0 Å². The average Bonchev–Trinajstić information content (AvgIpc) is 2.74. The van der Waals surface area contributed by atoms with E-state index in [-0.39, 0.29) is 29.0 Å². The molecule has 3 aliphatic carbocycles. The molecule has 3 rings (SSSR count). The van der Waals surface area contributed by atoms with Crippen molar-refractivity contribution in [1.82, 2.24) is 4.72 Å². The van der Waals surface area contributed by atoms with Gasteiger partial charge < -0.3 is 5.73 Å². The number of carbonyl (C=O) groups is 1. The lowest BCUT2D eigenvalue weighted by molar-refractivity contribution is -0.128. The van der Waals surface area contributed by atoms with E-state index >= 15 is 0 Å². The largest absolute Gasteiger partial charge is 0.326 e. The van der Waals surface area contributed by atoms with E-state index in [9.17, 15) is 13.2 Å². The van der Waals surface area contributed by atoms with Crippen LogP contribution in [0, 0.1) is 16.7 Å². The van der Waals surface area contributed by atoms with Crippen LogP contribution in [-0.2, 0) is 14.8 Å². The van der Waals surface area contributed by atoms with E-state index in [0.29, 0.717) is 18.8 Å². The molecular formula is C16H28N2O3S. The zero-order chi connectivity index (χ0) is 16.2. The Hall–Kier alpha value is -0.460. The lowest BCUT2D eigenvalue weighted by Crippen LogP contribution is -2.53. The third kappa shape index (κ3) is 2.43. The number of Topliss-reactive ketones (excluding diaryl/α,β-unsaturated/α-hetero) is 1.